The summed E-state index contributed by atoms with van der Waals surface area (Å²) in [5.74, 6) is 0. The Kier molecular flexibility index (Phi) is 6.57. The first-order chi connectivity index (χ1) is 11.5. The van der Waals surface area contributed by atoms with Crippen LogP contribution in [0.5, 0.6) is 0 Å². The summed E-state index contributed by atoms with van der Waals surface area (Å²) in [6.45, 7) is 9.12. The standard InChI is InChI=1S/C17H25N5OS/c1-4-22(5-2)17-20-11-15(24-17)10-19-12(3)13-6-8-14(9-7-13)21-16(18)23/h6-9,11-12,19H,4-5,10H2,1-3H3,(H3,18,21,23). The summed E-state index contributed by atoms with van der Waals surface area (Å²) in [6, 6.07) is 7.32. The van der Waals surface area contributed by atoms with Crippen molar-refractivity contribution >= 4 is 28.2 Å². The van der Waals surface area contributed by atoms with Crippen molar-refractivity contribution in [3.63, 3.8) is 0 Å². The largest absolute Gasteiger partial charge is 0.351 e. The Bertz CT molecular complexity index is 651. The summed E-state index contributed by atoms with van der Waals surface area (Å²) in [5, 5.41) is 7.14. The number of anilines is 2. The number of aromatic nitrogens is 1. The summed E-state index contributed by atoms with van der Waals surface area (Å²) < 4.78 is 0. The van der Waals surface area contributed by atoms with Gasteiger partial charge < -0.3 is 21.3 Å². The number of primary amides is 1. The molecule has 6 nitrogen and oxygen atoms in total. The van der Waals surface area contributed by atoms with E-state index in [1.54, 1.807) is 11.3 Å². The van der Waals surface area contributed by atoms with Gasteiger partial charge in [0.2, 0.25) is 0 Å². The lowest BCUT2D eigenvalue weighted by Gasteiger charge is -2.16. The first kappa shape index (κ1) is 18.2. The number of carbonyl (C=O) groups excluding carboxylic acids is 1. The van der Waals surface area contributed by atoms with Crippen LogP contribution in [0.3, 0.4) is 0 Å². The maximum absolute atomic E-state index is 10.8. The predicted molar refractivity (Wildman–Crippen MR) is 101 cm³/mol. The van der Waals surface area contributed by atoms with Crippen molar-refractivity contribution in [1.29, 1.82) is 0 Å². The second kappa shape index (κ2) is 8.65. The van der Waals surface area contributed by atoms with Crippen LogP contribution in [0, 0.1) is 0 Å². The summed E-state index contributed by atoms with van der Waals surface area (Å²) >= 11 is 1.73. The van der Waals surface area contributed by atoms with Gasteiger partial charge in [0.15, 0.2) is 5.13 Å². The third kappa shape index (κ3) is 4.94. The highest BCUT2D eigenvalue weighted by Gasteiger charge is 2.10. The molecular weight excluding hydrogens is 322 g/mol. The first-order valence-corrected chi connectivity index (χ1v) is 8.94. The minimum atomic E-state index is -0.553. The molecule has 4 N–H and O–H groups in total. The minimum Gasteiger partial charge on any atom is -0.351 e. The number of nitrogens with one attached hydrogen (secondary N) is 2. The molecule has 2 rings (SSSR count). The minimum absolute atomic E-state index is 0.201. The van der Waals surface area contributed by atoms with E-state index in [9.17, 15) is 4.79 Å². The highest BCUT2D eigenvalue weighted by Crippen LogP contribution is 2.23. The Morgan fingerprint density at radius 3 is 2.54 bits per heavy atom. The van der Waals surface area contributed by atoms with Crippen LogP contribution in [0.1, 0.15) is 37.3 Å². The third-order valence-electron chi connectivity index (χ3n) is 3.84. The van der Waals surface area contributed by atoms with Crippen LogP contribution in [-0.2, 0) is 6.54 Å². The van der Waals surface area contributed by atoms with Crippen molar-refractivity contribution in [2.24, 2.45) is 5.73 Å². The lowest BCUT2D eigenvalue weighted by molar-refractivity contribution is 0.259. The van der Waals surface area contributed by atoms with Gasteiger partial charge in [-0.1, -0.05) is 12.1 Å². The van der Waals surface area contributed by atoms with Gasteiger partial charge in [0.1, 0.15) is 0 Å². The molecule has 0 fully saturated rings. The molecule has 1 unspecified atom stereocenters. The van der Waals surface area contributed by atoms with Crippen molar-refractivity contribution in [2.45, 2.75) is 33.4 Å². The number of amides is 2. The molecular formula is C17H25N5OS. The molecule has 24 heavy (non-hydrogen) atoms. The maximum atomic E-state index is 10.8. The van der Waals surface area contributed by atoms with Crippen LogP contribution in [0.15, 0.2) is 30.5 Å². The van der Waals surface area contributed by atoms with Crippen molar-refractivity contribution in [3.05, 3.63) is 40.9 Å². The van der Waals surface area contributed by atoms with Gasteiger partial charge in [-0.25, -0.2) is 9.78 Å². The Hall–Kier alpha value is -2.12. The third-order valence-corrected chi connectivity index (χ3v) is 4.89. The van der Waals surface area contributed by atoms with Crippen LogP contribution >= 0.6 is 11.3 Å². The van der Waals surface area contributed by atoms with Crippen molar-refractivity contribution in [3.8, 4) is 0 Å². The average molecular weight is 347 g/mol. The van der Waals surface area contributed by atoms with Crippen LogP contribution in [0.2, 0.25) is 0 Å². The highest BCUT2D eigenvalue weighted by atomic mass is 32.1. The summed E-state index contributed by atoms with van der Waals surface area (Å²) in [4.78, 5) is 18.8. The highest BCUT2D eigenvalue weighted by molar-refractivity contribution is 7.15. The van der Waals surface area contributed by atoms with Gasteiger partial charge in [0.25, 0.3) is 0 Å². The van der Waals surface area contributed by atoms with Crippen LogP contribution in [0.25, 0.3) is 0 Å². The van der Waals surface area contributed by atoms with E-state index in [0.717, 1.165) is 30.3 Å². The Balaban J connectivity index is 1.90. The van der Waals surface area contributed by atoms with E-state index in [2.05, 4.69) is 41.3 Å². The lowest BCUT2D eigenvalue weighted by atomic mass is 10.1. The fraction of sp³-hybridized carbons (Fsp3) is 0.412. The normalized spacial score (nSPS) is 12.0. The smallest absolute Gasteiger partial charge is 0.316 e. The molecule has 2 aromatic rings. The topological polar surface area (TPSA) is 83.3 Å². The molecule has 1 aromatic heterocycles. The van der Waals surface area contributed by atoms with E-state index in [1.807, 2.05) is 30.5 Å². The van der Waals surface area contributed by atoms with E-state index < -0.39 is 6.03 Å². The zero-order valence-corrected chi connectivity index (χ0v) is 15.2. The summed E-state index contributed by atoms with van der Waals surface area (Å²) in [7, 11) is 0. The van der Waals surface area contributed by atoms with Gasteiger partial charge in [-0.2, -0.15) is 0 Å². The molecule has 0 spiro atoms. The van der Waals surface area contributed by atoms with E-state index in [4.69, 9.17) is 5.73 Å². The number of carbonyl (C=O) groups is 1. The first-order valence-electron chi connectivity index (χ1n) is 8.12. The van der Waals surface area contributed by atoms with Gasteiger partial charge in [0, 0.05) is 42.4 Å². The van der Waals surface area contributed by atoms with E-state index in [0.29, 0.717) is 5.69 Å². The predicted octanol–water partition coefficient (Wildman–Crippen LogP) is 3.33. The quantitative estimate of drug-likeness (QED) is 0.684. The van der Waals surface area contributed by atoms with Gasteiger partial charge in [-0.05, 0) is 38.5 Å². The lowest BCUT2D eigenvalue weighted by Crippen LogP contribution is -2.21. The number of urea groups is 1. The number of nitrogens with two attached hydrogens (primary N) is 1. The Morgan fingerprint density at radius 1 is 1.29 bits per heavy atom. The molecule has 0 bridgehead atoms. The van der Waals surface area contributed by atoms with E-state index in [1.165, 1.54) is 4.88 Å². The van der Waals surface area contributed by atoms with E-state index in [-0.39, 0.29) is 6.04 Å². The Morgan fingerprint density at radius 2 is 1.96 bits per heavy atom. The summed E-state index contributed by atoms with van der Waals surface area (Å²) in [5.41, 5.74) is 6.96. The summed E-state index contributed by atoms with van der Waals surface area (Å²) in [6.07, 6.45) is 1.94. The van der Waals surface area contributed by atoms with Gasteiger partial charge >= 0.3 is 6.03 Å². The van der Waals surface area contributed by atoms with Crippen molar-refractivity contribution in [1.82, 2.24) is 10.3 Å². The second-order valence-electron chi connectivity index (χ2n) is 5.50. The molecule has 1 aromatic carbocycles. The molecule has 130 valence electrons. The number of hydrogen-bond donors (Lipinski definition) is 3. The molecule has 0 aliphatic rings. The number of thiazole rings is 1. The molecule has 2 amide bonds. The van der Waals surface area contributed by atoms with Gasteiger partial charge in [0.05, 0.1) is 0 Å². The van der Waals surface area contributed by atoms with Crippen LogP contribution in [-0.4, -0.2) is 24.1 Å². The molecule has 0 radical (unpaired) electrons. The molecule has 0 saturated carbocycles. The molecule has 7 heteroatoms. The average Bonchev–Trinajstić information content (AvgIpc) is 3.03. The van der Waals surface area contributed by atoms with E-state index >= 15 is 0 Å². The molecule has 1 heterocycles. The van der Waals surface area contributed by atoms with Crippen molar-refractivity contribution < 1.29 is 4.79 Å². The number of hydrogen-bond acceptors (Lipinski definition) is 5. The molecule has 0 saturated heterocycles. The number of rotatable bonds is 8. The number of nitrogens with zero attached hydrogens (tertiary/aromatic N) is 2. The monoisotopic (exact) mass is 347 g/mol. The van der Waals surface area contributed by atoms with Gasteiger partial charge in [-0.3, -0.25) is 0 Å². The molecule has 0 aliphatic carbocycles. The SMILES string of the molecule is CCN(CC)c1ncc(CNC(C)c2ccc(NC(N)=O)cc2)s1. The zero-order chi connectivity index (χ0) is 17.5. The van der Waals surface area contributed by atoms with Crippen LogP contribution in [0.4, 0.5) is 15.6 Å². The van der Waals surface area contributed by atoms with Crippen LogP contribution < -0.4 is 21.3 Å². The fourth-order valence-corrected chi connectivity index (χ4v) is 3.38. The number of benzene rings is 1. The zero-order valence-electron chi connectivity index (χ0n) is 14.4. The van der Waals surface area contributed by atoms with Gasteiger partial charge in [-0.15, -0.1) is 11.3 Å². The molecule has 0 aliphatic heterocycles. The fourth-order valence-electron chi connectivity index (χ4n) is 2.39. The molecule has 1 atom stereocenters. The van der Waals surface area contributed by atoms with Crippen molar-refractivity contribution in [2.75, 3.05) is 23.3 Å². The maximum Gasteiger partial charge on any atom is 0.316 e. The Labute approximate surface area is 147 Å². The second-order valence-corrected chi connectivity index (χ2v) is 6.59.